The van der Waals surface area contributed by atoms with Crippen LogP contribution in [0.5, 0.6) is 0 Å². The average Bonchev–Trinajstić information content (AvgIpc) is 2.53. The van der Waals surface area contributed by atoms with Gasteiger partial charge in [0.2, 0.25) is 0 Å². The summed E-state index contributed by atoms with van der Waals surface area (Å²) in [7, 11) is 0. The second kappa shape index (κ2) is 9.20. The average molecular weight is 407 g/mol. The fourth-order valence-corrected chi connectivity index (χ4v) is 3.50. The molecular weight excluding hydrogens is 386 g/mol. The van der Waals surface area contributed by atoms with Crippen LogP contribution in [-0.4, -0.2) is 23.4 Å². The van der Waals surface area contributed by atoms with Gasteiger partial charge in [0.25, 0.3) is 11.6 Å². The number of carbonyl (C=O) groups excluding carboxylic acids is 1. The van der Waals surface area contributed by atoms with Crippen molar-refractivity contribution in [3.63, 3.8) is 0 Å². The van der Waals surface area contributed by atoms with Crippen molar-refractivity contribution in [2.45, 2.75) is 38.1 Å². The van der Waals surface area contributed by atoms with Crippen LogP contribution in [0.15, 0.2) is 22.7 Å². The topological polar surface area (TPSA) is 98.3 Å². The van der Waals surface area contributed by atoms with E-state index in [1.807, 2.05) is 0 Å². The minimum absolute atomic E-state index is 0. The Kier molecular flexibility index (Phi) is 7.94. The number of non-ortho nitro benzene ring substituents is 1. The van der Waals surface area contributed by atoms with Crippen molar-refractivity contribution >= 4 is 39.9 Å². The standard InChI is InChI=1S/C15H20BrN3O3.ClH/c16-13-8-11(19(21)22)6-7-12(13)15(20)18-14(9-17)10-4-2-1-3-5-10;/h6-8,10,14H,1-5,9,17H2,(H,18,20);1H. The number of halogens is 2. The van der Waals surface area contributed by atoms with Gasteiger partial charge in [0.05, 0.1) is 10.5 Å². The molecule has 0 heterocycles. The van der Waals surface area contributed by atoms with Gasteiger partial charge in [-0.2, -0.15) is 0 Å². The zero-order valence-corrected chi connectivity index (χ0v) is 15.1. The molecule has 1 aromatic carbocycles. The van der Waals surface area contributed by atoms with Gasteiger partial charge >= 0.3 is 0 Å². The summed E-state index contributed by atoms with van der Waals surface area (Å²) < 4.78 is 0.415. The number of carbonyl (C=O) groups is 1. The van der Waals surface area contributed by atoms with Gasteiger partial charge in [0.15, 0.2) is 0 Å². The quantitative estimate of drug-likeness (QED) is 0.578. The maximum atomic E-state index is 12.4. The zero-order chi connectivity index (χ0) is 16.1. The highest BCUT2D eigenvalue weighted by molar-refractivity contribution is 9.10. The number of benzene rings is 1. The molecule has 0 radical (unpaired) electrons. The van der Waals surface area contributed by atoms with Crippen LogP contribution in [-0.2, 0) is 0 Å². The molecule has 0 aromatic heterocycles. The molecule has 0 saturated heterocycles. The smallest absolute Gasteiger partial charge is 0.270 e. The number of hydrogen-bond donors (Lipinski definition) is 2. The summed E-state index contributed by atoms with van der Waals surface area (Å²) in [6.45, 7) is 0.404. The van der Waals surface area contributed by atoms with E-state index in [-0.39, 0.29) is 30.0 Å². The van der Waals surface area contributed by atoms with E-state index in [0.717, 1.165) is 12.8 Å². The van der Waals surface area contributed by atoms with Crippen molar-refractivity contribution in [1.29, 1.82) is 0 Å². The highest BCUT2D eigenvalue weighted by Crippen LogP contribution is 2.27. The van der Waals surface area contributed by atoms with Crippen LogP contribution in [0.25, 0.3) is 0 Å². The Hall–Kier alpha value is -1.18. The second-order valence-electron chi connectivity index (χ2n) is 5.64. The minimum atomic E-state index is -0.489. The molecule has 6 nitrogen and oxygen atoms in total. The number of nitrogens with two attached hydrogens (primary N) is 1. The molecule has 1 aromatic rings. The summed E-state index contributed by atoms with van der Waals surface area (Å²) in [6.07, 6.45) is 5.78. The van der Waals surface area contributed by atoms with Gasteiger partial charge in [0.1, 0.15) is 0 Å². The monoisotopic (exact) mass is 405 g/mol. The van der Waals surface area contributed by atoms with E-state index in [0.29, 0.717) is 22.5 Å². The molecule has 0 bridgehead atoms. The number of nitrogens with zero attached hydrogens (tertiary/aromatic N) is 1. The van der Waals surface area contributed by atoms with E-state index < -0.39 is 4.92 Å². The van der Waals surface area contributed by atoms with Crippen LogP contribution in [0.4, 0.5) is 5.69 Å². The Balaban J connectivity index is 0.00000264. The van der Waals surface area contributed by atoms with Crippen molar-refractivity contribution in [1.82, 2.24) is 5.32 Å². The Bertz CT molecular complexity index is 565. The minimum Gasteiger partial charge on any atom is -0.348 e. The Morgan fingerprint density at radius 2 is 2.04 bits per heavy atom. The molecule has 3 N–H and O–H groups in total. The van der Waals surface area contributed by atoms with Crippen molar-refractivity contribution in [2.75, 3.05) is 6.54 Å². The van der Waals surface area contributed by atoms with E-state index in [1.54, 1.807) is 0 Å². The molecule has 1 aliphatic rings. The van der Waals surface area contributed by atoms with Crippen LogP contribution in [0, 0.1) is 16.0 Å². The first kappa shape index (κ1) is 19.9. The third-order valence-corrected chi connectivity index (χ3v) is 4.85. The van der Waals surface area contributed by atoms with Crippen LogP contribution < -0.4 is 11.1 Å². The molecule has 2 rings (SSSR count). The largest absolute Gasteiger partial charge is 0.348 e. The predicted octanol–water partition coefficient (Wildman–Crippen LogP) is 3.42. The van der Waals surface area contributed by atoms with Crippen LogP contribution in [0.2, 0.25) is 0 Å². The van der Waals surface area contributed by atoms with E-state index in [9.17, 15) is 14.9 Å². The third-order valence-electron chi connectivity index (χ3n) is 4.20. The molecule has 8 heteroatoms. The Morgan fingerprint density at radius 1 is 1.39 bits per heavy atom. The third kappa shape index (κ3) is 5.16. The molecular formula is C15H21BrClN3O3. The fraction of sp³-hybridized carbons (Fsp3) is 0.533. The molecule has 0 spiro atoms. The van der Waals surface area contributed by atoms with Gasteiger partial charge in [-0.25, -0.2) is 0 Å². The number of nitrogens with one attached hydrogen (secondary N) is 1. The van der Waals surface area contributed by atoms with E-state index in [4.69, 9.17) is 5.73 Å². The lowest BCUT2D eigenvalue weighted by Gasteiger charge is -2.30. The lowest BCUT2D eigenvalue weighted by atomic mass is 9.84. The normalized spacial score (nSPS) is 16.3. The molecule has 1 unspecified atom stereocenters. The molecule has 1 fully saturated rings. The number of nitro groups is 1. The predicted molar refractivity (Wildman–Crippen MR) is 94.9 cm³/mol. The van der Waals surface area contributed by atoms with E-state index >= 15 is 0 Å². The van der Waals surface area contributed by atoms with Gasteiger partial charge in [-0.05, 0) is 40.8 Å². The van der Waals surface area contributed by atoms with E-state index in [2.05, 4.69) is 21.2 Å². The highest BCUT2D eigenvalue weighted by atomic mass is 79.9. The number of amides is 1. The lowest BCUT2D eigenvalue weighted by Crippen LogP contribution is -2.46. The Morgan fingerprint density at radius 3 is 2.57 bits per heavy atom. The van der Waals surface area contributed by atoms with Crippen molar-refractivity contribution in [3.8, 4) is 0 Å². The lowest BCUT2D eigenvalue weighted by molar-refractivity contribution is -0.384. The van der Waals surface area contributed by atoms with Gasteiger partial charge in [-0.1, -0.05) is 19.3 Å². The number of nitro benzene ring substituents is 1. The van der Waals surface area contributed by atoms with Gasteiger partial charge in [-0.15, -0.1) is 12.4 Å². The summed E-state index contributed by atoms with van der Waals surface area (Å²) in [6, 6.07) is 4.09. The van der Waals surface area contributed by atoms with Crippen molar-refractivity contribution < 1.29 is 9.72 Å². The second-order valence-corrected chi connectivity index (χ2v) is 6.49. The fourth-order valence-electron chi connectivity index (χ4n) is 2.95. The zero-order valence-electron chi connectivity index (χ0n) is 12.7. The van der Waals surface area contributed by atoms with Gasteiger partial charge in [0, 0.05) is 29.2 Å². The molecule has 1 aliphatic carbocycles. The first-order valence-corrected chi connectivity index (χ1v) is 8.27. The maximum Gasteiger partial charge on any atom is 0.270 e. The Labute approximate surface area is 149 Å². The number of rotatable bonds is 5. The summed E-state index contributed by atoms with van der Waals surface area (Å²) in [4.78, 5) is 22.6. The van der Waals surface area contributed by atoms with Crippen molar-refractivity contribution in [3.05, 3.63) is 38.3 Å². The summed E-state index contributed by atoms with van der Waals surface area (Å²) in [5.41, 5.74) is 6.15. The molecule has 23 heavy (non-hydrogen) atoms. The van der Waals surface area contributed by atoms with Gasteiger partial charge < -0.3 is 11.1 Å². The SMILES string of the molecule is Cl.NCC(NC(=O)c1ccc([N+](=O)[O-])cc1Br)C1CCCCC1. The first-order chi connectivity index (χ1) is 10.5. The molecule has 0 aliphatic heterocycles. The molecule has 1 atom stereocenters. The molecule has 128 valence electrons. The highest BCUT2D eigenvalue weighted by Gasteiger charge is 2.25. The van der Waals surface area contributed by atoms with E-state index in [1.165, 1.54) is 37.5 Å². The van der Waals surface area contributed by atoms with Crippen LogP contribution in [0.3, 0.4) is 0 Å². The molecule has 1 saturated carbocycles. The van der Waals surface area contributed by atoms with Crippen molar-refractivity contribution in [2.24, 2.45) is 11.7 Å². The summed E-state index contributed by atoms with van der Waals surface area (Å²) in [5.74, 6) is 0.169. The van der Waals surface area contributed by atoms with Gasteiger partial charge in [-0.3, -0.25) is 14.9 Å². The van der Waals surface area contributed by atoms with Crippen LogP contribution in [0.1, 0.15) is 42.5 Å². The first-order valence-electron chi connectivity index (χ1n) is 7.47. The maximum absolute atomic E-state index is 12.4. The summed E-state index contributed by atoms with van der Waals surface area (Å²) in [5, 5.41) is 13.7. The number of hydrogen-bond acceptors (Lipinski definition) is 4. The molecule has 1 amide bonds. The van der Waals surface area contributed by atoms with Crippen LogP contribution >= 0.6 is 28.3 Å². The summed E-state index contributed by atoms with van der Waals surface area (Å²) >= 11 is 3.23.